The Morgan fingerprint density at radius 3 is 2.82 bits per heavy atom. The van der Waals surface area contributed by atoms with Crippen molar-refractivity contribution in [3.05, 3.63) is 59.4 Å². The highest BCUT2D eigenvalue weighted by Crippen LogP contribution is 2.33. The third kappa shape index (κ3) is 6.55. The summed E-state index contributed by atoms with van der Waals surface area (Å²) in [5.41, 5.74) is 2.21. The van der Waals surface area contributed by atoms with Crippen molar-refractivity contribution in [3.8, 4) is 5.75 Å². The van der Waals surface area contributed by atoms with Gasteiger partial charge in [0.05, 0.1) is 17.8 Å². The zero-order valence-electron chi connectivity index (χ0n) is 19.4. The molecule has 0 aliphatic carbocycles. The Labute approximate surface area is 208 Å². The van der Waals surface area contributed by atoms with Gasteiger partial charge in [-0.25, -0.2) is 9.97 Å². The molecule has 7 nitrogen and oxygen atoms in total. The minimum absolute atomic E-state index is 0.183. The SMILES string of the molecule is CCOc1cc2ncnc(Nc3cccc(Br)c3)c2cc1NC(=O)C=CCCN1CCCCC1. The van der Waals surface area contributed by atoms with Crippen molar-refractivity contribution in [3.63, 3.8) is 0 Å². The summed E-state index contributed by atoms with van der Waals surface area (Å²) in [6, 6.07) is 11.5. The fraction of sp³-hybridized carbons (Fsp3) is 0.346. The van der Waals surface area contributed by atoms with E-state index in [-0.39, 0.29) is 5.91 Å². The summed E-state index contributed by atoms with van der Waals surface area (Å²) in [6.45, 7) is 5.71. The van der Waals surface area contributed by atoms with E-state index in [4.69, 9.17) is 4.74 Å². The molecule has 1 aliphatic heterocycles. The molecule has 178 valence electrons. The Balaban J connectivity index is 1.51. The van der Waals surface area contributed by atoms with Crippen molar-refractivity contribution in [1.29, 1.82) is 0 Å². The summed E-state index contributed by atoms with van der Waals surface area (Å²) in [6.07, 6.45) is 9.79. The maximum atomic E-state index is 12.7. The molecule has 1 fully saturated rings. The largest absolute Gasteiger partial charge is 0.492 e. The Kier molecular flexibility index (Phi) is 8.49. The van der Waals surface area contributed by atoms with Crippen LogP contribution in [0.15, 0.2) is 59.4 Å². The van der Waals surface area contributed by atoms with Gasteiger partial charge < -0.3 is 20.3 Å². The summed E-state index contributed by atoms with van der Waals surface area (Å²) >= 11 is 3.49. The van der Waals surface area contributed by atoms with E-state index in [2.05, 4.69) is 41.4 Å². The van der Waals surface area contributed by atoms with Crippen LogP contribution in [0.25, 0.3) is 10.9 Å². The molecule has 2 N–H and O–H groups in total. The molecule has 1 amide bonds. The van der Waals surface area contributed by atoms with E-state index in [9.17, 15) is 4.79 Å². The minimum Gasteiger partial charge on any atom is -0.492 e. The van der Waals surface area contributed by atoms with Crippen molar-refractivity contribution < 1.29 is 9.53 Å². The third-order valence-electron chi connectivity index (χ3n) is 5.71. The number of benzene rings is 2. The molecule has 34 heavy (non-hydrogen) atoms. The number of ether oxygens (including phenoxy) is 1. The maximum absolute atomic E-state index is 12.7. The van der Waals surface area contributed by atoms with Gasteiger partial charge in [-0.1, -0.05) is 34.5 Å². The van der Waals surface area contributed by atoms with E-state index in [1.807, 2.05) is 49.4 Å². The number of aromatic nitrogens is 2. The van der Waals surface area contributed by atoms with Crippen LogP contribution in [0.3, 0.4) is 0 Å². The van der Waals surface area contributed by atoms with Gasteiger partial charge in [-0.15, -0.1) is 0 Å². The Morgan fingerprint density at radius 2 is 2.03 bits per heavy atom. The summed E-state index contributed by atoms with van der Waals surface area (Å²) in [5, 5.41) is 7.10. The smallest absolute Gasteiger partial charge is 0.248 e. The molecular weight excluding hydrogens is 494 g/mol. The van der Waals surface area contributed by atoms with Crippen LogP contribution in [0.2, 0.25) is 0 Å². The van der Waals surface area contributed by atoms with Gasteiger partial charge in [0.1, 0.15) is 17.9 Å². The molecule has 2 aromatic carbocycles. The highest BCUT2D eigenvalue weighted by Gasteiger charge is 2.13. The average Bonchev–Trinajstić information content (AvgIpc) is 2.83. The van der Waals surface area contributed by atoms with Crippen LogP contribution in [-0.2, 0) is 4.79 Å². The zero-order chi connectivity index (χ0) is 23.8. The lowest BCUT2D eigenvalue weighted by Gasteiger charge is -2.25. The number of nitrogens with zero attached hydrogens (tertiary/aromatic N) is 3. The molecule has 1 aliphatic rings. The molecule has 0 bridgehead atoms. The summed E-state index contributed by atoms with van der Waals surface area (Å²) in [7, 11) is 0. The Hall–Kier alpha value is -2.97. The van der Waals surface area contributed by atoms with Gasteiger partial charge in [-0.3, -0.25) is 4.79 Å². The standard InChI is InChI=1S/C26H30BrN5O2/c1-2-34-24-17-22-21(26(29-18-28-22)30-20-10-8-9-19(27)15-20)16-23(24)31-25(33)11-4-7-14-32-12-5-3-6-13-32/h4,8-11,15-18H,2-3,5-7,12-14H2,1H3,(H,31,33)(H,28,29,30). The lowest BCUT2D eigenvalue weighted by Crippen LogP contribution is -2.30. The second-order valence-corrected chi connectivity index (χ2v) is 9.15. The van der Waals surface area contributed by atoms with Gasteiger partial charge in [0, 0.05) is 28.2 Å². The molecule has 8 heteroatoms. The number of anilines is 3. The number of carbonyl (C=O) groups excluding carboxylic acids is 1. The van der Waals surface area contributed by atoms with Crippen molar-refractivity contribution in [2.45, 2.75) is 32.6 Å². The molecule has 1 aromatic heterocycles. The monoisotopic (exact) mass is 523 g/mol. The first-order chi connectivity index (χ1) is 16.6. The fourth-order valence-corrected chi connectivity index (χ4v) is 4.46. The zero-order valence-corrected chi connectivity index (χ0v) is 21.0. The quantitative estimate of drug-likeness (QED) is 0.339. The average molecular weight is 524 g/mol. The van der Waals surface area contributed by atoms with Crippen LogP contribution in [0, 0.1) is 0 Å². The summed E-state index contributed by atoms with van der Waals surface area (Å²) in [5.74, 6) is 1.05. The van der Waals surface area contributed by atoms with Crippen LogP contribution in [0.4, 0.5) is 17.2 Å². The molecule has 1 saturated heterocycles. The fourth-order valence-electron chi connectivity index (χ4n) is 4.06. The van der Waals surface area contributed by atoms with E-state index in [1.54, 1.807) is 6.08 Å². The normalized spacial score (nSPS) is 14.4. The summed E-state index contributed by atoms with van der Waals surface area (Å²) in [4.78, 5) is 23.9. The first kappa shape index (κ1) is 24.2. The number of hydrogen-bond donors (Lipinski definition) is 2. The second kappa shape index (κ2) is 11.9. The Bertz CT molecular complexity index is 1160. The van der Waals surface area contributed by atoms with E-state index >= 15 is 0 Å². The highest BCUT2D eigenvalue weighted by atomic mass is 79.9. The number of fused-ring (bicyclic) bond motifs is 1. The van der Waals surface area contributed by atoms with Crippen molar-refractivity contribution >= 4 is 49.9 Å². The number of halogens is 1. The number of carbonyl (C=O) groups is 1. The van der Waals surface area contributed by atoms with E-state index < -0.39 is 0 Å². The molecule has 0 unspecified atom stereocenters. The van der Waals surface area contributed by atoms with Gasteiger partial charge in [-0.05, 0) is 69.6 Å². The number of nitrogens with one attached hydrogen (secondary N) is 2. The van der Waals surface area contributed by atoms with Crippen LogP contribution < -0.4 is 15.4 Å². The summed E-state index contributed by atoms with van der Waals surface area (Å²) < 4.78 is 6.76. The van der Waals surface area contributed by atoms with Crippen molar-refractivity contribution in [2.75, 3.05) is 36.9 Å². The van der Waals surface area contributed by atoms with Gasteiger partial charge in [0.15, 0.2) is 0 Å². The molecule has 4 rings (SSSR count). The van der Waals surface area contributed by atoms with Crippen molar-refractivity contribution in [1.82, 2.24) is 14.9 Å². The van der Waals surface area contributed by atoms with Crippen LogP contribution in [0.5, 0.6) is 5.75 Å². The van der Waals surface area contributed by atoms with Crippen LogP contribution in [0.1, 0.15) is 32.6 Å². The van der Waals surface area contributed by atoms with E-state index in [1.165, 1.54) is 25.6 Å². The molecule has 2 heterocycles. The molecular formula is C26H30BrN5O2. The van der Waals surface area contributed by atoms with Gasteiger partial charge >= 0.3 is 0 Å². The number of amides is 1. The molecule has 0 radical (unpaired) electrons. The van der Waals surface area contributed by atoms with Gasteiger partial charge in [-0.2, -0.15) is 0 Å². The Morgan fingerprint density at radius 1 is 1.18 bits per heavy atom. The first-order valence-corrected chi connectivity index (χ1v) is 12.6. The topological polar surface area (TPSA) is 79.4 Å². The lowest BCUT2D eigenvalue weighted by molar-refractivity contribution is -0.111. The predicted molar refractivity (Wildman–Crippen MR) is 141 cm³/mol. The van der Waals surface area contributed by atoms with Gasteiger partial charge in [0.25, 0.3) is 0 Å². The van der Waals surface area contributed by atoms with Crippen molar-refractivity contribution in [2.24, 2.45) is 0 Å². The van der Waals surface area contributed by atoms with Gasteiger partial charge in [0.2, 0.25) is 5.91 Å². The van der Waals surface area contributed by atoms with E-state index in [0.29, 0.717) is 23.9 Å². The number of piperidine rings is 1. The number of hydrogen-bond acceptors (Lipinski definition) is 6. The number of likely N-dealkylation sites (tertiary alicyclic amines) is 1. The van der Waals surface area contributed by atoms with Crippen LogP contribution in [-0.4, -0.2) is 47.0 Å². The maximum Gasteiger partial charge on any atom is 0.248 e. The second-order valence-electron chi connectivity index (χ2n) is 8.24. The third-order valence-corrected chi connectivity index (χ3v) is 6.20. The number of rotatable bonds is 9. The predicted octanol–water partition coefficient (Wildman–Crippen LogP) is 5.91. The molecule has 0 saturated carbocycles. The molecule has 0 spiro atoms. The molecule has 3 aromatic rings. The van der Waals surface area contributed by atoms with Crippen LogP contribution >= 0.6 is 15.9 Å². The lowest BCUT2D eigenvalue weighted by atomic mass is 10.1. The first-order valence-electron chi connectivity index (χ1n) is 11.8. The minimum atomic E-state index is -0.183. The van der Waals surface area contributed by atoms with E-state index in [0.717, 1.165) is 47.1 Å². The highest BCUT2D eigenvalue weighted by molar-refractivity contribution is 9.10. The molecule has 0 atom stereocenters.